The van der Waals surface area contributed by atoms with Gasteiger partial charge in [0.25, 0.3) is 0 Å². The van der Waals surface area contributed by atoms with Crippen LogP contribution in [0.15, 0.2) is 18.2 Å². The van der Waals surface area contributed by atoms with E-state index < -0.39 is 0 Å². The third-order valence-electron chi connectivity index (χ3n) is 2.73. The van der Waals surface area contributed by atoms with Crippen molar-refractivity contribution < 1.29 is 4.79 Å². The van der Waals surface area contributed by atoms with Crippen molar-refractivity contribution in [1.29, 1.82) is 0 Å². The third kappa shape index (κ3) is 2.03. The highest BCUT2D eigenvalue weighted by molar-refractivity contribution is 5.63. The van der Waals surface area contributed by atoms with E-state index in [-0.39, 0.29) is 5.92 Å². The zero-order chi connectivity index (χ0) is 10.7. The molecule has 0 fully saturated rings. The molecule has 1 heteroatoms. The fourth-order valence-corrected chi connectivity index (χ4v) is 1.86. The second-order valence-corrected chi connectivity index (χ2v) is 4.14. The van der Waals surface area contributed by atoms with E-state index >= 15 is 0 Å². The molecule has 0 N–H and O–H groups in total. The zero-order valence-electron chi connectivity index (χ0n) is 9.37. The van der Waals surface area contributed by atoms with Gasteiger partial charge in [-0.1, -0.05) is 39.0 Å². The molecule has 0 saturated heterocycles. The number of hydrogen-bond acceptors (Lipinski definition) is 1. The Kier molecular flexibility index (Phi) is 3.45. The quantitative estimate of drug-likeness (QED) is 0.667. The molecule has 0 bridgehead atoms. The monoisotopic (exact) mass is 190 g/mol. The van der Waals surface area contributed by atoms with Gasteiger partial charge in [0.1, 0.15) is 6.29 Å². The third-order valence-corrected chi connectivity index (χ3v) is 2.73. The summed E-state index contributed by atoms with van der Waals surface area (Å²) in [4.78, 5) is 10.7. The smallest absolute Gasteiger partial charge is 0.127 e. The number of aldehydes is 1. The lowest BCUT2D eigenvalue weighted by atomic mass is 9.89. The molecule has 1 rings (SSSR count). The van der Waals surface area contributed by atoms with Gasteiger partial charge in [-0.15, -0.1) is 0 Å². The molecular formula is C13H18O. The number of hydrogen-bond donors (Lipinski definition) is 0. The fourth-order valence-electron chi connectivity index (χ4n) is 1.86. The largest absolute Gasteiger partial charge is 0.303 e. The van der Waals surface area contributed by atoms with Crippen molar-refractivity contribution in [3.63, 3.8) is 0 Å². The lowest BCUT2D eigenvalue weighted by molar-refractivity contribution is -0.108. The SMILES string of the molecule is Cc1c(C(C)C)cccc1C(C)C=O. The number of carbonyl (C=O) groups excluding carboxylic acids is 1. The van der Waals surface area contributed by atoms with Crippen LogP contribution in [0, 0.1) is 6.92 Å². The number of carbonyl (C=O) groups is 1. The van der Waals surface area contributed by atoms with Crippen LogP contribution in [0.4, 0.5) is 0 Å². The van der Waals surface area contributed by atoms with Gasteiger partial charge in [0.2, 0.25) is 0 Å². The first-order valence-corrected chi connectivity index (χ1v) is 5.12. The summed E-state index contributed by atoms with van der Waals surface area (Å²) in [5, 5.41) is 0. The van der Waals surface area contributed by atoms with E-state index in [1.807, 2.05) is 19.1 Å². The van der Waals surface area contributed by atoms with Crippen LogP contribution in [0.5, 0.6) is 0 Å². The van der Waals surface area contributed by atoms with Gasteiger partial charge in [0.05, 0.1) is 0 Å². The van der Waals surface area contributed by atoms with E-state index in [1.165, 1.54) is 11.1 Å². The van der Waals surface area contributed by atoms with Gasteiger partial charge in [-0.05, 0) is 29.5 Å². The minimum atomic E-state index is 0.00806. The Bertz CT molecular complexity index is 326. The Labute approximate surface area is 86.1 Å². The average molecular weight is 190 g/mol. The van der Waals surface area contributed by atoms with Crippen molar-refractivity contribution in [1.82, 2.24) is 0 Å². The van der Waals surface area contributed by atoms with Crippen molar-refractivity contribution in [2.75, 3.05) is 0 Å². The summed E-state index contributed by atoms with van der Waals surface area (Å²) in [7, 11) is 0. The molecule has 0 aliphatic heterocycles. The van der Waals surface area contributed by atoms with Crippen LogP contribution >= 0.6 is 0 Å². The summed E-state index contributed by atoms with van der Waals surface area (Å²) in [5.41, 5.74) is 3.77. The van der Waals surface area contributed by atoms with Gasteiger partial charge < -0.3 is 4.79 Å². The minimum Gasteiger partial charge on any atom is -0.303 e. The maximum atomic E-state index is 10.7. The van der Waals surface area contributed by atoms with E-state index in [1.54, 1.807) is 0 Å². The summed E-state index contributed by atoms with van der Waals surface area (Å²) in [6.07, 6.45) is 1.01. The Hall–Kier alpha value is -1.11. The highest BCUT2D eigenvalue weighted by atomic mass is 16.1. The lowest BCUT2D eigenvalue weighted by Gasteiger charge is -2.15. The molecule has 0 radical (unpaired) electrons. The van der Waals surface area contributed by atoms with Crippen LogP contribution in [0.2, 0.25) is 0 Å². The molecule has 1 atom stereocenters. The molecule has 1 aromatic rings. The first kappa shape index (κ1) is 11.0. The molecule has 0 spiro atoms. The Morgan fingerprint density at radius 2 is 1.71 bits per heavy atom. The molecule has 0 heterocycles. The topological polar surface area (TPSA) is 17.1 Å². The lowest BCUT2D eigenvalue weighted by Crippen LogP contribution is -2.01. The summed E-state index contributed by atoms with van der Waals surface area (Å²) < 4.78 is 0. The Balaban J connectivity index is 3.20. The molecular weight excluding hydrogens is 172 g/mol. The highest BCUT2D eigenvalue weighted by Gasteiger charge is 2.11. The molecule has 0 aliphatic carbocycles. The van der Waals surface area contributed by atoms with Crippen molar-refractivity contribution in [2.45, 2.75) is 39.5 Å². The summed E-state index contributed by atoms with van der Waals surface area (Å²) in [6.45, 7) is 8.40. The molecule has 76 valence electrons. The van der Waals surface area contributed by atoms with Crippen LogP contribution in [0.1, 0.15) is 49.3 Å². The molecule has 0 aliphatic rings. The molecule has 1 aromatic carbocycles. The van der Waals surface area contributed by atoms with Crippen molar-refractivity contribution in [2.24, 2.45) is 0 Å². The molecule has 1 unspecified atom stereocenters. The second-order valence-electron chi connectivity index (χ2n) is 4.14. The van der Waals surface area contributed by atoms with E-state index in [0.717, 1.165) is 11.8 Å². The highest BCUT2D eigenvalue weighted by Crippen LogP contribution is 2.25. The standard InChI is InChI=1S/C13H18O/c1-9(2)12-6-5-7-13(11(12)4)10(3)8-14/h5-10H,1-4H3. The zero-order valence-corrected chi connectivity index (χ0v) is 9.37. The van der Waals surface area contributed by atoms with E-state index in [0.29, 0.717) is 5.92 Å². The maximum absolute atomic E-state index is 10.7. The predicted octanol–water partition coefficient (Wildman–Crippen LogP) is 3.42. The number of benzene rings is 1. The predicted molar refractivity (Wildman–Crippen MR) is 59.7 cm³/mol. The Morgan fingerprint density at radius 1 is 1.14 bits per heavy atom. The molecule has 0 saturated carbocycles. The van der Waals surface area contributed by atoms with Crippen molar-refractivity contribution >= 4 is 6.29 Å². The van der Waals surface area contributed by atoms with Crippen LogP contribution in [0.25, 0.3) is 0 Å². The molecule has 1 nitrogen and oxygen atoms in total. The van der Waals surface area contributed by atoms with E-state index in [9.17, 15) is 4.79 Å². The average Bonchev–Trinajstić information content (AvgIpc) is 2.16. The summed E-state index contributed by atoms with van der Waals surface area (Å²) in [6, 6.07) is 6.22. The molecule has 14 heavy (non-hydrogen) atoms. The van der Waals surface area contributed by atoms with E-state index in [2.05, 4.69) is 26.8 Å². The normalized spacial score (nSPS) is 12.9. The summed E-state index contributed by atoms with van der Waals surface area (Å²) in [5.74, 6) is 0.530. The number of rotatable bonds is 3. The van der Waals surface area contributed by atoms with Gasteiger partial charge in [-0.3, -0.25) is 0 Å². The van der Waals surface area contributed by atoms with Gasteiger partial charge in [0.15, 0.2) is 0 Å². The maximum Gasteiger partial charge on any atom is 0.127 e. The van der Waals surface area contributed by atoms with Gasteiger partial charge >= 0.3 is 0 Å². The van der Waals surface area contributed by atoms with Gasteiger partial charge in [0, 0.05) is 5.92 Å². The van der Waals surface area contributed by atoms with E-state index in [4.69, 9.17) is 0 Å². The molecule has 0 amide bonds. The summed E-state index contributed by atoms with van der Waals surface area (Å²) >= 11 is 0. The fraction of sp³-hybridized carbons (Fsp3) is 0.462. The van der Waals surface area contributed by atoms with Crippen molar-refractivity contribution in [3.05, 3.63) is 34.9 Å². The van der Waals surface area contributed by atoms with Gasteiger partial charge in [-0.2, -0.15) is 0 Å². The first-order valence-electron chi connectivity index (χ1n) is 5.12. The van der Waals surface area contributed by atoms with Crippen LogP contribution < -0.4 is 0 Å². The first-order chi connectivity index (χ1) is 6.57. The van der Waals surface area contributed by atoms with Gasteiger partial charge in [-0.25, -0.2) is 0 Å². The van der Waals surface area contributed by atoms with Crippen LogP contribution in [0.3, 0.4) is 0 Å². The minimum absolute atomic E-state index is 0.00806. The molecule has 0 aromatic heterocycles. The second kappa shape index (κ2) is 4.41. The van der Waals surface area contributed by atoms with Crippen molar-refractivity contribution in [3.8, 4) is 0 Å². The van der Waals surface area contributed by atoms with Crippen LogP contribution in [-0.4, -0.2) is 6.29 Å². The van der Waals surface area contributed by atoms with Crippen LogP contribution in [-0.2, 0) is 4.79 Å². The Morgan fingerprint density at radius 3 is 2.21 bits per heavy atom.